The van der Waals surface area contributed by atoms with Gasteiger partial charge in [-0.15, -0.1) is 0 Å². The zero-order valence-corrected chi connectivity index (χ0v) is 13.1. The van der Waals surface area contributed by atoms with Crippen LogP contribution in [0.1, 0.15) is 64.7 Å². The summed E-state index contributed by atoms with van der Waals surface area (Å²) >= 11 is 0. The second kappa shape index (κ2) is 10.4. The highest BCUT2D eigenvalue weighted by atomic mass is 16.4. The van der Waals surface area contributed by atoms with Gasteiger partial charge in [-0.1, -0.05) is 50.8 Å². The van der Waals surface area contributed by atoms with Crippen LogP contribution in [0.15, 0.2) is 24.3 Å². The van der Waals surface area contributed by atoms with Gasteiger partial charge in [-0.3, -0.25) is 9.59 Å². The lowest BCUT2D eigenvalue weighted by Gasteiger charge is -2.16. The monoisotopic (exact) mass is 292 g/mol. The molecule has 0 aromatic carbocycles. The number of unbranched alkanes of at least 4 members (excludes halogenated alkanes) is 4. The lowest BCUT2D eigenvalue weighted by Crippen LogP contribution is -2.15. The van der Waals surface area contributed by atoms with Gasteiger partial charge in [0, 0.05) is 12.3 Å². The number of carbonyl (C=O) groups is 2. The summed E-state index contributed by atoms with van der Waals surface area (Å²) in [5.41, 5.74) is 0. The van der Waals surface area contributed by atoms with Crippen LogP contribution in [-0.4, -0.2) is 16.9 Å². The molecule has 3 heteroatoms. The van der Waals surface area contributed by atoms with E-state index in [1.165, 1.54) is 0 Å². The van der Waals surface area contributed by atoms with Gasteiger partial charge in [0.2, 0.25) is 0 Å². The molecule has 0 aromatic heterocycles. The Hall–Kier alpha value is -1.38. The molecule has 21 heavy (non-hydrogen) atoms. The number of carbonyl (C=O) groups excluding carboxylic acids is 1. The number of carboxylic acid groups (broad SMARTS) is 1. The normalized spacial score (nSPS) is 21.5. The molecule has 1 aliphatic rings. The molecule has 0 aromatic rings. The van der Waals surface area contributed by atoms with Gasteiger partial charge >= 0.3 is 5.97 Å². The van der Waals surface area contributed by atoms with Gasteiger partial charge in [0.05, 0.1) is 0 Å². The first-order valence-corrected chi connectivity index (χ1v) is 8.24. The van der Waals surface area contributed by atoms with Gasteiger partial charge in [-0.05, 0) is 37.7 Å². The highest BCUT2D eigenvalue weighted by Crippen LogP contribution is 2.30. The standard InChI is InChI=1S/C18H28O3/c1-2-3-7-11-16-15(13-14-17(16)19)10-8-5-4-6-9-12-18(20)21/h3,7,13-16H,2,4-6,8-12H2,1H3,(H,20,21)/b7-3+/t15-,16+/m0/s1. The predicted octanol–water partition coefficient (Wildman–Crippen LogP) is 4.53. The second-order valence-electron chi connectivity index (χ2n) is 5.85. The van der Waals surface area contributed by atoms with Crippen molar-refractivity contribution in [1.82, 2.24) is 0 Å². The number of ketones is 1. The van der Waals surface area contributed by atoms with E-state index in [2.05, 4.69) is 25.2 Å². The molecule has 118 valence electrons. The molecule has 0 radical (unpaired) electrons. The Morgan fingerprint density at radius 3 is 2.62 bits per heavy atom. The van der Waals surface area contributed by atoms with Crippen molar-refractivity contribution in [3.05, 3.63) is 24.3 Å². The maximum atomic E-state index is 11.8. The van der Waals surface area contributed by atoms with Crippen LogP contribution < -0.4 is 0 Å². The number of aliphatic carboxylic acids is 1. The summed E-state index contributed by atoms with van der Waals surface area (Å²) in [6, 6.07) is 0. The topological polar surface area (TPSA) is 54.4 Å². The summed E-state index contributed by atoms with van der Waals surface area (Å²) < 4.78 is 0. The molecule has 0 fully saturated rings. The molecular formula is C18H28O3. The SMILES string of the molecule is CC/C=C/C[C@H]1C(=O)C=C[C@@H]1CCCCCCCC(=O)O. The fourth-order valence-corrected chi connectivity index (χ4v) is 2.87. The largest absolute Gasteiger partial charge is 0.481 e. The van der Waals surface area contributed by atoms with Crippen molar-refractivity contribution in [3.63, 3.8) is 0 Å². The third kappa shape index (κ3) is 7.26. The third-order valence-corrected chi connectivity index (χ3v) is 4.11. The van der Waals surface area contributed by atoms with Gasteiger partial charge in [-0.2, -0.15) is 0 Å². The zero-order valence-electron chi connectivity index (χ0n) is 13.1. The predicted molar refractivity (Wildman–Crippen MR) is 85.1 cm³/mol. The molecule has 0 unspecified atom stereocenters. The molecule has 2 atom stereocenters. The maximum absolute atomic E-state index is 11.8. The number of allylic oxidation sites excluding steroid dienone is 4. The van der Waals surface area contributed by atoms with Crippen LogP contribution in [0.5, 0.6) is 0 Å². The van der Waals surface area contributed by atoms with Gasteiger partial charge in [0.25, 0.3) is 0 Å². The van der Waals surface area contributed by atoms with Crippen molar-refractivity contribution in [2.45, 2.75) is 64.7 Å². The summed E-state index contributed by atoms with van der Waals surface area (Å²) in [6.07, 6.45) is 16.5. The summed E-state index contributed by atoms with van der Waals surface area (Å²) in [5.74, 6) is 0.132. The molecule has 0 saturated carbocycles. The Balaban J connectivity index is 2.15. The second-order valence-corrected chi connectivity index (χ2v) is 5.85. The van der Waals surface area contributed by atoms with Crippen molar-refractivity contribution in [2.24, 2.45) is 11.8 Å². The van der Waals surface area contributed by atoms with Crippen LogP contribution >= 0.6 is 0 Å². The number of hydrogen-bond acceptors (Lipinski definition) is 2. The quantitative estimate of drug-likeness (QED) is 0.449. The molecule has 1 aliphatic carbocycles. The smallest absolute Gasteiger partial charge is 0.303 e. The van der Waals surface area contributed by atoms with Crippen LogP contribution in [-0.2, 0) is 9.59 Å². The number of carboxylic acids is 1. The van der Waals surface area contributed by atoms with E-state index in [1.54, 1.807) is 6.08 Å². The van der Waals surface area contributed by atoms with E-state index in [-0.39, 0.29) is 18.1 Å². The van der Waals surface area contributed by atoms with Crippen molar-refractivity contribution in [1.29, 1.82) is 0 Å². The first kappa shape index (κ1) is 17.7. The summed E-state index contributed by atoms with van der Waals surface area (Å²) in [7, 11) is 0. The van der Waals surface area contributed by atoms with Gasteiger partial charge in [-0.25, -0.2) is 0 Å². The third-order valence-electron chi connectivity index (χ3n) is 4.11. The molecule has 0 saturated heterocycles. The Kier molecular flexibility index (Phi) is 8.72. The Bertz CT molecular complexity index is 382. The molecule has 0 bridgehead atoms. The van der Waals surface area contributed by atoms with E-state index in [1.807, 2.05) is 0 Å². The van der Waals surface area contributed by atoms with E-state index in [0.717, 1.165) is 51.4 Å². The fourth-order valence-electron chi connectivity index (χ4n) is 2.87. The number of rotatable bonds is 11. The van der Waals surface area contributed by atoms with Crippen LogP contribution in [0.3, 0.4) is 0 Å². The summed E-state index contributed by atoms with van der Waals surface area (Å²) in [4.78, 5) is 22.2. The van der Waals surface area contributed by atoms with Crippen LogP contribution in [0.25, 0.3) is 0 Å². The highest BCUT2D eigenvalue weighted by Gasteiger charge is 2.28. The first-order chi connectivity index (χ1) is 10.1. The Morgan fingerprint density at radius 1 is 1.19 bits per heavy atom. The van der Waals surface area contributed by atoms with E-state index < -0.39 is 5.97 Å². The minimum absolute atomic E-state index is 0.153. The highest BCUT2D eigenvalue weighted by molar-refractivity contribution is 5.94. The zero-order chi connectivity index (χ0) is 15.5. The Morgan fingerprint density at radius 2 is 1.90 bits per heavy atom. The molecule has 1 N–H and O–H groups in total. The summed E-state index contributed by atoms with van der Waals surface area (Å²) in [6.45, 7) is 2.10. The minimum atomic E-state index is -0.701. The van der Waals surface area contributed by atoms with Gasteiger partial charge < -0.3 is 5.11 Å². The van der Waals surface area contributed by atoms with Crippen LogP contribution in [0.4, 0.5) is 0 Å². The molecule has 0 spiro atoms. The molecule has 0 aliphatic heterocycles. The van der Waals surface area contributed by atoms with Crippen molar-refractivity contribution in [2.75, 3.05) is 0 Å². The van der Waals surface area contributed by atoms with E-state index >= 15 is 0 Å². The van der Waals surface area contributed by atoms with Crippen molar-refractivity contribution in [3.8, 4) is 0 Å². The van der Waals surface area contributed by atoms with E-state index in [9.17, 15) is 9.59 Å². The molecular weight excluding hydrogens is 264 g/mol. The van der Waals surface area contributed by atoms with E-state index in [0.29, 0.717) is 5.92 Å². The lowest BCUT2D eigenvalue weighted by atomic mass is 9.87. The van der Waals surface area contributed by atoms with Crippen molar-refractivity contribution < 1.29 is 14.7 Å². The average Bonchev–Trinajstić information content (AvgIpc) is 2.79. The molecule has 3 nitrogen and oxygen atoms in total. The average molecular weight is 292 g/mol. The first-order valence-electron chi connectivity index (χ1n) is 8.24. The fraction of sp³-hybridized carbons (Fsp3) is 0.667. The molecule has 1 rings (SSSR count). The molecule has 0 amide bonds. The maximum Gasteiger partial charge on any atom is 0.303 e. The minimum Gasteiger partial charge on any atom is -0.481 e. The van der Waals surface area contributed by atoms with Crippen LogP contribution in [0.2, 0.25) is 0 Å². The van der Waals surface area contributed by atoms with E-state index in [4.69, 9.17) is 5.11 Å². The van der Waals surface area contributed by atoms with Crippen molar-refractivity contribution >= 4 is 11.8 Å². The van der Waals surface area contributed by atoms with Gasteiger partial charge in [0.15, 0.2) is 5.78 Å². The Labute approximate surface area is 128 Å². The number of hydrogen-bond donors (Lipinski definition) is 1. The summed E-state index contributed by atoms with van der Waals surface area (Å²) in [5, 5.41) is 8.56. The van der Waals surface area contributed by atoms with Crippen LogP contribution in [0, 0.1) is 11.8 Å². The lowest BCUT2D eigenvalue weighted by molar-refractivity contribution is -0.137. The van der Waals surface area contributed by atoms with Gasteiger partial charge in [0.1, 0.15) is 0 Å². The molecule has 0 heterocycles.